The molecule has 114 valence electrons. The molecule has 0 spiro atoms. The van der Waals surface area contributed by atoms with E-state index >= 15 is 0 Å². The van der Waals surface area contributed by atoms with Crippen LogP contribution in [0.5, 0.6) is 11.5 Å². The standard InChI is InChI=1S/C16H22N2O3/c1-21-11-5-6-15(19)12(10-11)16(20)17-13-7-9-18-8-3-2-4-14(13)18/h5-6,10,13-14,19H,2-4,7-9H2,1H3,(H,17,20). The van der Waals surface area contributed by atoms with Gasteiger partial charge in [-0.15, -0.1) is 0 Å². The number of nitrogens with zero attached hydrogens (tertiary/aromatic N) is 1. The molecule has 0 radical (unpaired) electrons. The molecular formula is C16H22N2O3. The Kier molecular flexibility index (Phi) is 4.01. The Bertz CT molecular complexity index is 532. The van der Waals surface area contributed by atoms with Gasteiger partial charge >= 0.3 is 0 Å². The van der Waals surface area contributed by atoms with Crippen LogP contribution in [-0.4, -0.2) is 48.2 Å². The summed E-state index contributed by atoms with van der Waals surface area (Å²) >= 11 is 0. The number of rotatable bonds is 3. The number of fused-ring (bicyclic) bond motifs is 1. The van der Waals surface area contributed by atoms with Crippen LogP contribution in [-0.2, 0) is 0 Å². The van der Waals surface area contributed by atoms with E-state index < -0.39 is 0 Å². The lowest BCUT2D eigenvalue weighted by molar-refractivity contribution is 0.0912. The molecule has 0 saturated carbocycles. The molecule has 2 N–H and O–H groups in total. The summed E-state index contributed by atoms with van der Waals surface area (Å²) in [5, 5.41) is 13.0. The summed E-state index contributed by atoms with van der Waals surface area (Å²) in [4.78, 5) is 14.9. The molecule has 1 amide bonds. The number of phenols is 1. The van der Waals surface area contributed by atoms with Crippen molar-refractivity contribution in [1.82, 2.24) is 10.2 Å². The van der Waals surface area contributed by atoms with Crippen molar-refractivity contribution < 1.29 is 14.6 Å². The number of methoxy groups -OCH3 is 1. The SMILES string of the molecule is COc1ccc(O)c(C(=O)NC2CCN3CCCCC23)c1. The molecule has 0 aromatic heterocycles. The third-order valence-electron chi connectivity index (χ3n) is 4.62. The van der Waals surface area contributed by atoms with Gasteiger partial charge in [-0.1, -0.05) is 6.42 Å². The van der Waals surface area contributed by atoms with E-state index in [2.05, 4.69) is 10.2 Å². The van der Waals surface area contributed by atoms with E-state index in [1.165, 1.54) is 18.9 Å². The summed E-state index contributed by atoms with van der Waals surface area (Å²) in [5.41, 5.74) is 0.281. The van der Waals surface area contributed by atoms with Gasteiger partial charge < -0.3 is 15.2 Å². The van der Waals surface area contributed by atoms with Gasteiger partial charge in [0.1, 0.15) is 11.5 Å². The topological polar surface area (TPSA) is 61.8 Å². The largest absolute Gasteiger partial charge is 0.507 e. The van der Waals surface area contributed by atoms with Gasteiger partial charge in [0.15, 0.2) is 0 Å². The number of nitrogens with one attached hydrogen (secondary N) is 1. The van der Waals surface area contributed by atoms with Crippen molar-refractivity contribution >= 4 is 5.91 Å². The highest BCUT2D eigenvalue weighted by atomic mass is 16.5. The summed E-state index contributed by atoms with van der Waals surface area (Å²) in [7, 11) is 1.55. The van der Waals surface area contributed by atoms with E-state index in [0.717, 1.165) is 25.9 Å². The summed E-state index contributed by atoms with van der Waals surface area (Å²) in [6.07, 6.45) is 4.63. The maximum Gasteiger partial charge on any atom is 0.255 e. The van der Waals surface area contributed by atoms with Crippen LogP contribution in [0.2, 0.25) is 0 Å². The molecule has 1 aromatic carbocycles. The lowest BCUT2D eigenvalue weighted by Gasteiger charge is -2.32. The second-order valence-corrected chi connectivity index (χ2v) is 5.85. The van der Waals surface area contributed by atoms with Gasteiger partial charge in [0.05, 0.1) is 12.7 Å². The quantitative estimate of drug-likeness (QED) is 0.890. The fourth-order valence-electron chi connectivity index (χ4n) is 3.49. The zero-order chi connectivity index (χ0) is 14.8. The molecular weight excluding hydrogens is 268 g/mol. The minimum absolute atomic E-state index is 0.00760. The average Bonchev–Trinajstić information content (AvgIpc) is 2.91. The number of hydrogen-bond acceptors (Lipinski definition) is 4. The number of hydrogen-bond donors (Lipinski definition) is 2. The van der Waals surface area contributed by atoms with Gasteiger partial charge in [-0.3, -0.25) is 9.69 Å². The predicted octanol–water partition coefficient (Wildman–Crippen LogP) is 1.76. The fourth-order valence-corrected chi connectivity index (χ4v) is 3.49. The molecule has 5 heteroatoms. The Labute approximate surface area is 124 Å². The molecule has 2 heterocycles. The number of carbonyl (C=O) groups is 1. The number of aromatic hydroxyl groups is 1. The molecule has 0 aliphatic carbocycles. The normalized spacial score (nSPS) is 25.4. The van der Waals surface area contributed by atoms with E-state index in [-0.39, 0.29) is 23.3 Å². The van der Waals surface area contributed by atoms with Gasteiger partial charge in [-0.05, 0) is 44.0 Å². The first-order chi connectivity index (χ1) is 10.2. The maximum atomic E-state index is 12.4. The number of amides is 1. The van der Waals surface area contributed by atoms with Crippen LogP contribution in [0.1, 0.15) is 36.0 Å². The van der Waals surface area contributed by atoms with E-state index in [4.69, 9.17) is 4.74 Å². The Balaban J connectivity index is 1.71. The van der Waals surface area contributed by atoms with Gasteiger partial charge in [-0.25, -0.2) is 0 Å². The van der Waals surface area contributed by atoms with Crippen molar-refractivity contribution in [1.29, 1.82) is 0 Å². The molecule has 5 nitrogen and oxygen atoms in total. The Hall–Kier alpha value is -1.75. The maximum absolute atomic E-state index is 12.4. The zero-order valence-corrected chi connectivity index (χ0v) is 12.3. The third-order valence-corrected chi connectivity index (χ3v) is 4.62. The first-order valence-corrected chi connectivity index (χ1v) is 7.61. The average molecular weight is 290 g/mol. The number of ether oxygens (including phenoxy) is 1. The molecule has 2 unspecified atom stereocenters. The van der Waals surface area contributed by atoms with Crippen LogP contribution >= 0.6 is 0 Å². The van der Waals surface area contributed by atoms with Crippen LogP contribution in [0.25, 0.3) is 0 Å². The summed E-state index contributed by atoms with van der Waals surface area (Å²) < 4.78 is 5.12. The smallest absolute Gasteiger partial charge is 0.255 e. The molecule has 2 aliphatic rings. The molecule has 1 aromatic rings. The lowest BCUT2D eigenvalue weighted by atomic mass is 9.98. The van der Waals surface area contributed by atoms with E-state index in [0.29, 0.717) is 11.8 Å². The zero-order valence-electron chi connectivity index (χ0n) is 12.3. The molecule has 2 saturated heterocycles. The lowest BCUT2D eigenvalue weighted by Crippen LogP contribution is -2.46. The van der Waals surface area contributed by atoms with Crippen molar-refractivity contribution in [2.45, 2.75) is 37.8 Å². The molecule has 0 bridgehead atoms. The first kappa shape index (κ1) is 14.2. The number of carbonyl (C=O) groups excluding carboxylic acids is 1. The van der Waals surface area contributed by atoms with Gasteiger partial charge in [0.2, 0.25) is 0 Å². The number of piperidine rings is 1. The van der Waals surface area contributed by atoms with Crippen LogP contribution < -0.4 is 10.1 Å². The van der Waals surface area contributed by atoms with Crippen molar-refractivity contribution in [3.8, 4) is 11.5 Å². The Morgan fingerprint density at radius 1 is 1.33 bits per heavy atom. The number of benzene rings is 1. The Morgan fingerprint density at radius 2 is 2.19 bits per heavy atom. The van der Waals surface area contributed by atoms with Gasteiger partial charge in [0.25, 0.3) is 5.91 Å². The van der Waals surface area contributed by atoms with Gasteiger partial charge in [-0.2, -0.15) is 0 Å². The van der Waals surface area contributed by atoms with Crippen molar-refractivity contribution in [3.63, 3.8) is 0 Å². The summed E-state index contributed by atoms with van der Waals surface area (Å²) in [5.74, 6) is 0.347. The molecule has 21 heavy (non-hydrogen) atoms. The van der Waals surface area contributed by atoms with Crippen LogP contribution in [0.15, 0.2) is 18.2 Å². The second-order valence-electron chi connectivity index (χ2n) is 5.85. The highest BCUT2D eigenvalue weighted by molar-refractivity contribution is 5.97. The van der Waals surface area contributed by atoms with Crippen molar-refractivity contribution in [3.05, 3.63) is 23.8 Å². The highest BCUT2D eigenvalue weighted by Gasteiger charge is 2.36. The van der Waals surface area contributed by atoms with E-state index in [9.17, 15) is 9.90 Å². The molecule has 3 rings (SSSR count). The second kappa shape index (κ2) is 5.93. The van der Waals surface area contributed by atoms with Crippen LogP contribution in [0.4, 0.5) is 0 Å². The predicted molar refractivity (Wildman–Crippen MR) is 79.7 cm³/mol. The van der Waals surface area contributed by atoms with Crippen molar-refractivity contribution in [2.24, 2.45) is 0 Å². The molecule has 2 atom stereocenters. The monoisotopic (exact) mass is 290 g/mol. The van der Waals surface area contributed by atoms with E-state index in [1.807, 2.05) is 0 Å². The summed E-state index contributed by atoms with van der Waals surface area (Å²) in [6, 6.07) is 5.36. The number of phenolic OH excluding ortho intramolecular Hbond substituents is 1. The first-order valence-electron chi connectivity index (χ1n) is 7.61. The summed E-state index contributed by atoms with van der Waals surface area (Å²) in [6.45, 7) is 2.20. The van der Waals surface area contributed by atoms with E-state index in [1.54, 1.807) is 19.2 Å². The Morgan fingerprint density at radius 3 is 3.00 bits per heavy atom. The molecule has 2 aliphatic heterocycles. The molecule has 2 fully saturated rings. The third kappa shape index (κ3) is 2.83. The highest BCUT2D eigenvalue weighted by Crippen LogP contribution is 2.28. The van der Waals surface area contributed by atoms with Gasteiger partial charge in [0, 0.05) is 18.6 Å². The minimum Gasteiger partial charge on any atom is -0.507 e. The van der Waals surface area contributed by atoms with Crippen molar-refractivity contribution in [2.75, 3.05) is 20.2 Å². The minimum atomic E-state index is -0.219. The van der Waals surface area contributed by atoms with Crippen LogP contribution in [0, 0.1) is 0 Å². The van der Waals surface area contributed by atoms with Crippen LogP contribution in [0.3, 0.4) is 0 Å². The fraction of sp³-hybridized carbons (Fsp3) is 0.562.